The molecular weight excluding hydrogens is 1220 g/mol. The number of furan rings is 4. The molecule has 0 saturated carbocycles. The van der Waals surface area contributed by atoms with Gasteiger partial charge in [-0.3, -0.25) is 0 Å². The Hall–Kier alpha value is -12.4. The molecule has 0 N–H and O–H groups in total. The second kappa shape index (κ2) is 20.6. The third-order valence-electron chi connectivity index (χ3n) is 22.1. The molecule has 0 atom stereocenters. The lowest BCUT2D eigenvalue weighted by Crippen LogP contribution is -2.61. The molecule has 4 aromatic heterocycles. The van der Waals surface area contributed by atoms with E-state index in [9.17, 15) is 0 Å². The van der Waals surface area contributed by atoms with Crippen LogP contribution in [0.2, 0.25) is 0 Å². The molecule has 470 valence electrons. The van der Waals surface area contributed by atoms with Crippen LogP contribution in [0.4, 0.5) is 68.2 Å². The van der Waals surface area contributed by atoms with Crippen molar-refractivity contribution < 1.29 is 17.7 Å². The third-order valence-corrected chi connectivity index (χ3v) is 22.1. The highest BCUT2D eigenvalue weighted by Crippen LogP contribution is 2.52. The lowest BCUT2D eigenvalue weighted by atomic mass is 9.33. The van der Waals surface area contributed by atoms with Gasteiger partial charge in [0.15, 0.2) is 5.58 Å². The molecule has 0 unspecified atom stereocenters. The Balaban J connectivity index is 0.709. The van der Waals surface area contributed by atoms with Gasteiger partial charge in [-0.05, 0) is 212 Å². The van der Waals surface area contributed by atoms with Gasteiger partial charge in [-0.1, -0.05) is 161 Å². The summed E-state index contributed by atoms with van der Waals surface area (Å²) in [6.07, 6.45) is 0. The van der Waals surface area contributed by atoms with E-state index < -0.39 is 0 Å². The summed E-state index contributed by atoms with van der Waals surface area (Å²) in [4.78, 5) is 10.0. The summed E-state index contributed by atoms with van der Waals surface area (Å²) in [5.41, 5.74) is 32.6. The fourth-order valence-corrected chi connectivity index (χ4v) is 17.5. The highest BCUT2D eigenvalue weighted by atomic mass is 16.3. The van der Waals surface area contributed by atoms with Gasteiger partial charge >= 0.3 is 0 Å². The van der Waals surface area contributed by atoms with E-state index in [1.807, 2.05) is 12.1 Å². The van der Waals surface area contributed by atoms with Crippen LogP contribution in [0.1, 0.15) is 50.7 Å². The zero-order valence-electron chi connectivity index (χ0n) is 55.3. The second-order valence-electron chi connectivity index (χ2n) is 28.2. The number of fused-ring (bicyclic) bond motifs is 20. The monoisotopic (exact) mass is 1280 g/mol. The van der Waals surface area contributed by atoms with E-state index >= 15 is 0 Å². The number of hydrogen-bond donors (Lipinski definition) is 0. The molecule has 4 aliphatic heterocycles. The van der Waals surface area contributed by atoms with Gasteiger partial charge in [-0.25, -0.2) is 0 Å². The molecule has 0 bridgehead atoms. The Kier molecular flexibility index (Phi) is 11.5. The third kappa shape index (κ3) is 7.78. The maximum atomic E-state index is 7.18. The molecule has 0 spiro atoms. The summed E-state index contributed by atoms with van der Waals surface area (Å²) in [6.45, 7) is 9.18. The van der Waals surface area contributed by atoms with E-state index in [1.54, 1.807) is 0 Å². The smallest absolute Gasteiger partial charge is 0.252 e. The number of para-hydroxylation sites is 7. The fraction of sp³-hybridized carbons (Fsp3) is 0.0667. The number of benzene rings is 14. The van der Waals surface area contributed by atoms with E-state index in [2.05, 4.69) is 314 Å². The zero-order chi connectivity index (χ0) is 65.9. The van der Waals surface area contributed by atoms with Crippen LogP contribution in [0.5, 0.6) is 0 Å². The highest BCUT2D eigenvalue weighted by Gasteiger charge is 2.46. The summed E-state index contributed by atoms with van der Waals surface area (Å²) in [6, 6.07) is 103. The standard InChI is InChI=1S/C90H60B2N4O4/c1-51(2)54-42-76-88-77(43-54)94(73-27-13-9-23-69(73)91(88)68-22-8-12-26-72(68)93(76)57-34-38-84-64(48-57)60-19-5-16-30-81(60)97-84)59-36-40-86-66(50-59)63-37-33-53(47-87(63)99-86)56-41-67-62-21-7-18-32-83(62)100-90(67)80(46-56)96-75-29-15-11-25-71(75)92-70-24-10-14-28-74(70)95(78-44-55(52(3)4)45-79(96)89(78)92)58-35-39-85-65(49-58)61-20-6-17-31-82(61)98-85/h5-52H,1-4H3. The van der Waals surface area contributed by atoms with Crippen LogP contribution >= 0.6 is 0 Å². The van der Waals surface area contributed by atoms with Crippen LogP contribution in [0, 0.1) is 0 Å². The molecule has 8 nitrogen and oxygen atoms in total. The molecule has 0 fully saturated rings. The normalized spacial score (nSPS) is 13.7. The molecule has 0 saturated heterocycles. The molecule has 0 amide bonds. The predicted octanol–water partition coefficient (Wildman–Crippen LogP) is 21.4. The van der Waals surface area contributed by atoms with Crippen molar-refractivity contribution in [1.29, 1.82) is 0 Å². The molecule has 0 radical (unpaired) electrons. The molecule has 18 aromatic rings. The van der Waals surface area contributed by atoms with Crippen molar-refractivity contribution in [3.05, 3.63) is 290 Å². The lowest BCUT2D eigenvalue weighted by molar-refractivity contribution is 0.668. The molecule has 14 aromatic carbocycles. The first kappa shape index (κ1) is 55.7. The van der Waals surface area contributed by atoms with Crippen molar-refractivity contribution in [2.24, 2.45) is 0 Å². The van der Waals surface area contributed by atoms with Crippen molar-refractivity contribution >= 4 is 202 Å². The highest BCUT2D eigenvalue weighted by molar-refractivity contribution is 7.01. The van der Waals surface area contributed by atoms with Crippen molar-refractivity contribution in [3.8, 4) is 11.1 Å². The Labute approximate surface area is 576 Å². The summed E-state index contributed by atoms with van der Waals surface area (Å²) >= 11 is 0. The minimum absolute atomic E-state index is 0.00245. The lowest BCUT2D eigenvalue weighted by Gasteiger charge is -2.44. The van der Waals surface area contributed by atoms with Gasteiger partial charge in [-0.2, -0.15) is 0 Å². The van der Waals surface area contributed by atoms with Gasteiger partial charge in [0.1, 0.15) is 39.1 Å². The summed E-state index contributed by atoms with van der Waals surface area (Å²) in [7, 11) is 0. The van der Waals surface area contributed by atoms with Crippen LogP contribution < -0.4 is 52.4 Å². The van der Waals surface area contributed by atoms with Crippen LogP contribution in [0.3, 0.4) is 0 Å². The summed E-state index contributed by atoms with van der Waals surface area (Å²) in [5.74, 6) is 0.468. The Morgan fingerprint density at radius 3 is 1.03 bits per heavy atom. The molecule has 8 heterocycles. The van der Waals surface area contributed by atoms with E-state index in [4.69, 9.17) is 17.7 Å². The van der Waals surface area contributed by atoms with Crippen LogP contribution in [0.15, 0.2) is 297 Å². The van der Waals surface area contributed by atoms with Crippen molar-refractivity contribution in [2.45, 2.75) is 39.5 Å². The van der Waals surface area contributed by atoms with Gasteiger partial charge in [0.2, 0.25) is 0 Å². The Morgan fingerprint density at radius 2 is 0.590 bits per heavy atom. The molecule has 4 aliphatic rings. The number of anilines is 12. The maximum Gasteiger partial charge on any atom is 0.252 e. The number of rotatable bonds is 7. The van der Waals surface area contributed by atoms with Gasteiger partial charge in [0.05, 0.1) is 5.69 Å². The minimum atomic E-state index is -0.0500. The maximum absolute atomic E-state index is 7.18. The van der Waals surface area contributed by atoms with Gasteiger partial charge in [0, 0.05) is 106 Å². The summed E-state index contributed by atoms with van der Waals surface area (Å²) < 4.78 is 27.1. The van der Waals surface area contributed by atoms with E-state index in [1.165, 1.54) is 72.3 Å². The zero-order valence-corrected chi connectivity index (χ0v) is 55.3. The average Bonchev–Trinajstić information content (AvgIpc) is 0.825. The predicted molar refractivity (Wildman–Crippen MR) is 417 cm³/mol. The van der Waals surface area contributed by atoms with Crippen molar-refractivity contribution in [1.82, 2.24) is 0 Å². The van der Waals surface area contributed by atoms with Gasteiger partial charge in [-0.15, -0.1) is 0 Å². The summed E-state index contributed by atoms with van der Waals surface area (Å²) in [5, 5.41) is 8.63. The van der Waals surface area contributed by atoms with Crippen LogP contribution in [-0.4, -0.2) is 13.4 Å². The number of nitrogens with zero attached hydrogens (tertiary/aromatic N) is 4. The first-order valence-electron chi connectivity index (χ1n) is 34.9. The minimum Gasteiger partial charge on any atom is -0.456 e. The number of hydrogen-bond acceptors (Lipinski definition) is 8. The van der Waals surface area contributed by atoms with Gasteiger partial charge in [0.25, 0.3) is 13.4 Å². The van der Waals surface area contributed by atoms with Crippen molar-refractivity contribution in [2.75, 3.05) is 19.6 Å². The van der Waals surface area contributed by atoms with E-state index in [0.717, 1.165) is 139 Å². The molecule has 100 heavy (non-hydrogen) atoms. The second-order valence-corrected chi connectivity index (χ2v) is 28.2. The molecule has 0 aliphatic carbocycles. The molecule has 10 heteroatoms. The topological polar surface area (TPSA) is 65.5 Å². The van der Waals surface area contributed by atoms with E-state index in [-0.39, 0.29) is 25.3 Å². The first-order valence-corrected chi connectivity index (χ1v) is 34.9. The molecule has 22 rings (SSSR count). The Morgan fingerprint density at radius 1 is 0.240 bits per heavy atom. The first-order chi connectivity index (χ1) is 49.2. The quantitative estimate of drug-likeness (QED) is 0.146. The fourth-order valence-electron chi connectivity index (χ4n) is 17.5. The van der Waals surface area contributed by atoms with Crippen LogP contribution in [-0.2, 0) is 0 Å². The van der Waals surface area contributed by atoms with Crippen molar-refractivity contribution in [3.63, 3.8) is 0 Å². The molecular formula is C90H60B2N4O4. The van der Waals surface area contributed by atoms with Crippen LogP contribution in [0.25, 0.3) is 98.9 Å². The SMILES string of the molecule is CC(C)c1cc2c3c(c1)N(c1ccc4oc5cc(-c6cc(N7c8ccccc8B8c9ccccc9N(c9ccc%10oc%11ccccc%11c%10c9)c9cc(C(C)C)cc7c98)c7oc8ccccc8c7c6)ccc5c4c1)c1ccccc1B3c1ccccc1N2c1ccc2oc3ccccc3c2c1. The van der Waals surface area contributed by atoms with E-state index in [0.29, 0.717) is 0 Å². The average molecular weight is 1280 g/mol. The largest absolute Gasteiger partial charge is 0.456 e. The van der Waals surface area contributed by atoms with Gasteiger partial charge < -0.3 is 37.3 Å². The Bertz CT molecular complexity index is 6590.